The van der Waals surface area contributed by atoms with Gasteiger partial charge in [0.1, 0.15) is 17.8 Å². The van der Waals surface area contributed by atoms with E-state index in [2.05, 4.69) is 31.9 Å². The highest BCUT2D eigenvalue weighted by molar-refractivity contribution is 7.85. The van der Waals surface area contributed by atoms with E-state index < -0.39 is 10.8 Å². The summed E-state index contributed by atoms with van der Waals surface area (Å²) in [6.45, 7) is 3.97. The zero-order valence-corrected chi connectivity index (χ0v) is 16.1. The summed E-state index contributed by atoms with van der Waals surface area (Å²) in [7, 11) is 1.10. The summed E-state index contributed by atoms with van der Waals surface area (Å²) in [6.07, 6.45) is 7.34. The molecule has 1 unspecified atom stereocenters. The lowest BCUT2D eigenvalue weighted by Gasteiger charge is -2.41. The van der Waals surface area contributed by atoms with Crippen LogP contribution in [0.2, 0.25) is 0 Å². The first-order chi connectivity index (χ1) is 12.5. The number of fused-ring (bicyclic) bond motifs is 1. The van der Waals surface area contributed by atoms with Gasteiger partial charge in [-0.15, -0.1) is 0 Å². The molecular weight excluding hydrogens is 346 g/mol. The van der Waals surface area contributed by atoms with Crippen LogP contribution in [-0.2, 0) is 10.8 Å². The van der Waals surface area contributed by atoms with Gasteiger partial charge < -0.3 is 9.88 Å². The average Bonchev–Trinajstić information content (AvgIpc) is 3.05. The highest BCUT2D eigenvalue weighted by atomic mass is 32.2. The molecule has 0 spiro atoms. The van der Waals surface area contributed by atoms with Gasteiger partial charge in [-0.1, -0.05) is 0 Å². The minimum absolute atomic E-state index is 0.433. The first kappa shape index (κ1) is 17.1. The standard InChI is InChI=1S/C19H23N5OS/c1-12-6-13(2)21-9-17(12)26(25)10-14-7-15(8-14)24(3)19-16-4-5-20-18(16)22-11-23-19/h4-6,9,11,14-15H,7-8,10H2,1-3H3,(H,20,22,23). The molecule has 4 rings (SSSR count). The van der Waals surface area contributed by atoms with E-state index >= 15 is 0 Å². The molecule has 26 heavy (non-hydrogen) atoms. The molecule has 7 heteroatoms. The van der Waals surface area contributed by atoms with Crippen LogP contribution in [0.1, 0.15) is 24.1 Å². The number of H-pyrrole nitrogens is 1. The van der Waals surface area contributed by atoms with Gasteiger partial charge in [-0.2, -0.15) is 0 Å². The SMILES string of the molecule is Cc1cc(C)c(S(=O)CC2CC(N(C)c3ncnc4[nH]ccc34)C2)cn1. The molecule has 0 bridgehead atoms. The van der Waals surface area contributed by atoms with Gasteiger partial charge in [0.2, 0.25) is 0 Å². The lowest BCUT2D eigenvalue weighted by atomic mass is 9.81. The Kier molecular flexibility index (Phi) is 4.48. The summed E-state index contributed by atoms with van der Waals surface area (Å²) in [5.41, 5.74) is 2.90. The summed E-state index contributed by atoms with van der Waals surface area (Å²) in [5.74, 6) is 2.14. The second-order valence-corrected chi connectivity index (χ2v) is 8.61. The van der Waals surface area contributed by atoms with Gasteiger partial charge in [0, 0.05) is 36.9 Å². The zero-order valence-electron chi connectivity index (χ0n) is 15.3. The van der Waals surface area contributed by atoms with Crippen LogP contribution in [-0.4, -0.2) is 43.0 Å². The summed E-state index contributed by atoms with van der Waals surface area (Å²) in [6, 6.07) is 4.45. The van der Waals surface area contributed by atoms with Crippen LogP contribution in [0.15, 0.2) is 35.7 Å². The number of nitrogens with zero attached hydrogens (tertiary/aromatic N) is 4. The van der Waals surface area contributed by atoms with Crippen molar-refractivity contribution in [2.75, 3.05) is 17.7 Å². The highest BCUT2D eigenvalue weighted by Gasteiger charge is 2.34. The number of anilines is 1. The Morgan fingerprint density at radius 3 is 2.85 bits per heavy atom. The van der Waals surface area contributed by atoms with Gasteiger partial charge in [0.05, 0.1) is 21.1 Å². The molecule has 3 heterocycles. The minimum Gasteiger partial charge on any atom is -0.356 e. The summed E-state index contributed by atoms with van der Waals surface area (Å²) >= 11 is 0. The van der Waals surface area contributed by atoms with Gasteiger partial charge in [-0.05, 0) is 50.3 Å². The largest absolute Gasteiger partial charge is 0.356 e. The maximum atomic E-state index is 12.7. The van der Waals surface area contributed by atoms with E-state index in [0.717, 1.165) is 45.8 Å². The Bertz CT molecular complexity index is 963. The second-order valence-electron chi connectivity index (χ2n) is 7.14. The van der Waals surface area contributed by atoms with Gasteiger partial charge in [0.15, 0.2) is 0 Å². The fraction of sp³-hybridized carbons (Fsp3) is 0.421. The van der Waals surface area contributed by atoms with Crippen molar-refractivity contribution in [3.63, 3.8) is 0 Å². The van der Waals surface area contributed by atoms with Crippen LogP contribution in [0.5, 0.6) is 0 Å². The quantitative estimate of drug-likeness (QED) is 0.748. The average molecular weight is 369 g/mol. The number of aryl methyl sites for hydroxylation is 2. The third-order valence-electron chi connectivity index (χ3n) is 5.26. The Balaban J connectivity index is 1.39. The van der Waals surface area contributed by atoms with Crippen LogP contribution >= 0.6 is 0 Å². The Hall–Kier alpha value is -2.28. The van der Waals surface area contributed by atoms with Crippen LogP contribution in [0.3, 0.4) is 0 Å². The predicted octanol–water partition coefficient (Wildman–Crippen LogP) is 2.99. The zero-order chi connectivity index (χ0) is 18.3. The molecule has 1 atom stereocenters. The topological polar surface area (TPSA) is 74.8 Å². The maximum Gasteiger partial charge on any atom is 0.142 e. The molecule has 1 saturated carbocycles. The fourth-order valence-electron chi connectivity index (χ4n) is 3.69. The predicted molar refractivity (Wildman–Crippen MR) is 104 cm³/mol. The maximum absolute atomic E-state index is 12.7. The minimum atomic E-state index is -0.982. The lowest BCUT2D eigenvalue weighted by molar-refractivity contribution is 0.284. The molecule has 1 fully saturated rings. The van der Waals surface area contributed by atoms with Crippen molar-refractivity contribution in [2.24, 2.45) is 5.92 Å². The number of aromatic nitrogens is 4. The smallest absolute Gasteiger partial charge is 0.142 e. The van der Waals surface area contributed by atoms with E-state index in [9.17, 15) is 4.21 Å². The summed E-state index contributed by atoms with van der Waals surface area (Å²) in [5, 5.41) is 1.04. The number of nitrogens with one attached hydrogen (secondary N) is 1. The van der Waals surface area contributed by atoms with Crippen molar-refractivity contribution in [1.29, 1.82) is 0 Å². The van der Waals surface area contributed by atoms with E-state index in [0.29, 0.717) is 17.7 Å². The second kappa shape index (κ2) is 6.79. The molecule has 136 valence electrons. The van der Waals surface area contributed by atoms with E-state index in [-0.39, 0.29) is 0 Å². The van der Waals surface area contributed by atoms with Crippen molar-refractivity contribution in [3.8, 4) is 0 Å². The molecule has 1 aliphatic carbocycles. The molecule has 0 aliphatic heterocycles. The van der Waals surface area contributed by atoms with Crippen LogP contribution in [0.25, 0.3) is 11.0 Å². The van der Waals surface area contributed by atoms with Gasteiger partial charge in [-0.3, -0.25) is 9.19 Å². The molecule has 3 aromatic heterocycles. The molecule has 0 saturated heterocycles. The van der Waals surface area contributed by atoms with E-state index in [1.807, 2.05) is 32.2 Å². The molecule has 1 N–H and O–H groups in total. The van der Waals surface area contributed by atoms with E-state index in [1.54, 1.807) is 12.5 Å². The first-order valence-corrected chi connectivity index (χ1v) is 10.2. The summed E-state index contributed by atoms with van der Waals surface area (Å²) < 4.78 is 12.7. The molecule has 6 nitrogen and oxygen atoms in total. The van der Waals surface area contributed by atoms with Crippen molar-refractivity contribution in [1.82, 2.24) is 19.9 Å². The highest BCUT2D eigenvalue weighted by Crippen LogP contribution is 2.36. The molecular formula is C19H23N5OS. The van der Waals surface area contributed by atoms with Crippen LogP contribution in [0, 0.1) is 19.8 Å². The molecule has 0 radical (unpaired) electrons. The van der Waals surface area contributed by atoms with Gasteiger partial charge in [0.25, 0.3) is 0 Å². The molecule has 0 aromatic carbocycles. The van der Waals surface area contributed by atoms with Crippen LogP contribution < -0.4 is 4.90 Å². The normalized spacial score (nSPS) is 20.7. The van der Waals surface area contributed by atoms with Crippen molar-refractivity contribution in [2.45, 2.75) is 37.6 Å². The summed E-state index contributed by atoms with van der Waals surface area (Å²) in [4.78, 5) is 19.2. The van der Waals surface area contributed by atoms with Crippen molar-refractivity contribution < 1.29 is 4.21 Å². The molecule has 1 aliphatic rings. The number of pyridine rings is 1. The fourth-order valence-corrected chi connectivity index (χ4v) is 5.16. The van der Waals surface area contributed by atoms with E-state index in [1.165, 1.54) is 0 Å². The third kappa shape index (κ3) is 3.11. The number of aromatic amines is 1. The third-order valence-corrected chi connectivity index (χ3v) is 6.95. The lowest BCUT2D eigenvalue weighted by Crippen LogP contribution is -2.44. The van der Waals surface area contributed by atoms with Crippen molar-refractivity contribution >= 4 is 27.7 Å². The number of hydrogen-bond donors (Lipinski definition) is 1. The molecule has 0 amide bonds. The van der Waals surface area contributed by atoms with E-state index in [4.69, 9.17) is 0 Å². The monoisotopic (exact) mass is 369 g/mol. The number of rotatable bonds is 5. The van der Waals surface area contributed by atoms with Crippen LogP contribution in [0.4, 0.5) is 5.82 Å². The number of hydrogen-bond acceptors (Lipinski definition) is 5. The van der Waals surface area contributed by atoms with Crippen molar-refractivity contribution in [3.05, 3.63) is 42.1 Å². The Morgan fingerprint density at radius 1 is 1.27 bits per heavy atom. The van der Waals surface area contributed by atoms with Gasteiger partial charge >= 0.3 is 0 Å². The Morgan fingerprint density at radius 2 is 2.08 bits per heavy atom. The molecule has 3 aromatic rings. The Labute approximate surface area is 155 Å². The van der Waals surface area contributed by atoms with Gasteiger partial charge in [-0.25, -0.2) is 9.97 Å². The first-order valence-electron chi connectivity index (χ1n) is 8.85.